The summed E-state index contributed by atoms with van der Waals surface area (Å²) < 4.78 is 8.67. The van der Waals surface area contributed by atoms with Crippen molar-refractivity contribution >= 4 is 46.1 Å². The molecule has 9 aliphatic rings. The van der Waals surface area contributed by atoms with Crippen LogP contribution in [0, 0.1) is 5.41 Å². The highest BCUT2D eigenvalue weighted by Gasteiger charge is 2.51. The largest absolute Gasteiger partial charge is 0.492 e. The summed E-state index contributed by atoms with van der Waals surface area (Å²) in [5.41, 5.74) is 7.03. The zero-order valence-electron chi connectivity index (χ0n) is 38.8. The molecule has 8 heterocycles. The Bertz CT molecular complexity index is 2860. The predicted octanol–water partition coefficient (Wildman–Crippen LogP) is 6.74. The maximum atomic E-state index is 13.7. The number of carbonyl (C=O) groups excluding carboxylic acids is 4. The van der Waals surface area contributed by atoms with Crippen LogP contribution in [0.25, 0.3) is 16.6 Å². The molecular weight excluding hydrogens is 878 g/mol. The summed E-state index contributed by atoms with van der Waals surface area (Å²) in [4.78, 5) is 78.5. The molecule has 4 saturated heterocycles. The second-order valence-corrected chi connectivity index (χ2v) is 22.5. The van der Waals surface area contributed by atoms with E-state index in [0.717, 1.165) is 119 Å². The van der Waals surface area contributed by atoms with Gasteiger partial charge in [-0.15, -0.1) is 0 Å². The van der Waals surface area contributed by atoms with Crippen LogP contribution in [0.3, 0.4) is 0 Å². The topological polar surface area (TPSA) is 137 Å². The molecule has 1 atom stereocenters. The van der Waals surface area contributed by atoms with Crippen LogP contribution >= 0.6 is 11.6 Å². The van der Waals surface area contributed by atoms with Crippen molar-refractivity contribution in [2.75, 3.05) is 52.4 Å². The number of hydrogen-bond acceptors (Lipinski definition) is 9. The van der Waals surface area contributed by atoms with Gasteiger partial charge < -0.3 is 19.4 Å². The molecule has 13 rings (SSSR count). The summed E-state index contributed by atoms with van der Waals surface area (Å²) in [6.45, 7) is 6.94. The van der Waals surface area contributed by atoms with Gasteiger partial charge in [0.25, 0.3) is 11.5 Å². The number of aromatic nitrogens is 2. The van der Waals surface area contributed by atoms with E-state index in [1.54, 1.807) is 11.0 Å². The third-order valence-corrected chi connectivity index (χ3v) is 18.9. The molecule has 0 bridgehead atoms. The molecule has 2 aliphatic carbocycles. The molecule has 68 heavy (non-hydrogen) atoms. The molecular formula is C54H60ClN7O6. The van der Waals surface area contributed by atoms with Crippen molar-refractivity contribution in [3.05, 3.63) is 97.5 Å². The third kappa shape index (κ3) is 6.60. The molecule has 1 N–H and O–H groups in total. The van der Waals surface area contributed by atoms with Gasteiger partial charge in [0, 0.05) is 53.1 Å². The van der Waals surface area contributed by atoms with Gasteiger partial charge in [-0.3, -0.25) is 38.8 Å². The second kappa shape index (κ2) is 16.0. The Kier molecular flexibility index (Phi) is 10.1. The molecule has 354 valence electrons. The standard InChI is InChI=1S/C54H60ClN7O6/c55-40-5-4-6-41-46(40)49(66)57-51-54(17-2-1-3-18-54)38-9-7-34(27-43(38)62(41)51)33-15-23-59(24-16-33)35-13-19-52(20-14-35)30-60(31-52)45(64)29-58-25-21-53(22-26-58)32-68-47-37-28-61(42-11-12-44(63)56-48(42)65)50(67)36(37)8-10-39(47)53/h4-10,27,33,35,42H,1-3,11-26,28-32H2,(H,56,63,65)/t42-/m0/s1. The number of carbonyl (C=O) groups is 4. The number of halogens is 1. The monoisotopic (exact) mass is 937 g/mol. The maximum Gasteiger partial charge on any atom is 0.282 e. The van der Waals surface area contributed by atoms with Gasteiger partial charge in [-0.2, -0.15) is 4.98 Å². The first-order valence-corrected chi connectivity index (χ1v) is 25.9. The number of hydrogen-bond donors (Lipinski definition) is 1. The molecule has 0 unspecified atom stereocenters. The van der Waals surface area contributed by atoms with E-state index >= 15 is 0 Å². The minimum atomic E-state index is -0.652. The van der Waals surface area contributed by atoms with Gasteiger partial charge in [0.05, 0.1) is 46.7 Å². The van der Waals surface area contributed by atoms with Gasteiger partial charge in [0.15, 0.2) is 0 Å². The number of nitrogens with zero attached hydrogens (tertiary/aromatic N) is 6. The molecule has 6 fully saturated rings. The number of ether oxygens (including phenoxy) is 1. The van der Waals surface area contributed by atoms with Crippen LogP contribution in [0.1, 0.15) is 141 Å². The Hall–Kier alpha value is -5.11. The fourth-order valence-electron chi connectivity index (χ4n) is 14.7. The Balaban J connectivity index is 0.597. The first-order chi connectivity index (χ1) is 33.0. The van der Waals surface area contributed by atoms with Crippen molar-refractivity contribution in [3.63, 3.8) is 0 Å². The van der Waals surface area contributed by atoms with E-state index in [1.807, 2.05) is 24.3 Å². The molecule has 13 nitrogen and oxygen atoms in total. The number of nitrogens with one attached hydrogen (secondary N) is 1. The van der Waals surface area contributed by atoms with Gasteiger partial charge in [0.2, 0.25) is 17.7 Å². The normalized spacial score (nSPS) is 25.4. The minimum Gasteiger partial charge on any atom is -0.492 e. The van der Waals surface area contributed by atoms with E-state index in [1.165, 1.54) is 48.9 Å². The van der Waals surface area contributed by atoms with Crippen LogP contribution in [-0.2, 0) is 31.8 Å². The summed E-state index contributed by atoms with van der Waals surface area (Å²) in [5, 5.41) is 3.37. The molecule has 4 aromatic rings. The number of piperidine rings is 3. The van der Waals surface area contributed by atoms with Crippen molar-refractivity contribution in [2.24, 2.45) is 5.41 Å². The fraction of sp³-hybridized carbons (Fsp3) is 0.556. The highest BCUT2D eigenvalue weighted by molar-refractivity contribution is 6.35. The van der Waals surface area contributed by atoms with E-state index in [0.29, 0.717) is 54.0 Å². The zero-order chi connectivity index (χ0) is 46.1. The second-order valence-electron chi connectivity index (χ2n) is 22.1. The molecule has 3 aromatic carbocycles. The Morgan fingerprint density at radius 1 is 0.838 bits per heavy atom. The summed E-state index contributed by atoms with van der Waals surface area (Å²) in [7, 11) is 0. The van der Waals surface area contributed by atoms with Crippen molar-refractivity contribution in [1.82, 2.24) is 34.5 Å². The highest BCUT2D eigenvalue weighted by atomic mass is 35.5. The van der Waals surface area contributed by atoms with Gasteiger partial charge in [-0.25, -0.2) is 0 Å². The summed E-state index contributed by atoms with van der Waals surface area (Å²) in [6, 6.07) is 16.9. The maximum absolute atomic E-state index is 13.7. The fourth-order valence-corrected chi connectivity index (χ4v) is 15.0. The van der Waals surface area contributed by atoms with Crippen LogP contribution in [0.15, 0.2) is 53.3 Å². The van der Waals surface area contributed by atoms with E-state index in [9.17, 15) is 24.0 Å². The zero-order valence-corrected chi connectivity index (χ0v) is 39.6. The van der Waals surface area contributed by atoms with Gasteiger partial charge in [0.1, 0.15) is 17.6 Å². The first-order valence-electron chi connectivity index (χ1n) is 25.6. The number of amides is 4. The molecule has 14 heteroatoms. The SMILES string of the molecule is O=C1CC[C@H](N2Cc3c(ccc4c3OCC43CCN(CC(=O)N4CC5(CCC(N6CCC(c7ccc8c(c7)-n7c(nc(=O)c9c(Cl)cccc97)C87CCCCC7)CC6)CC5)C4)CC3)C2=O)C(=O)N1. The minimum absolute atomic E-state index is 0.149. The quantitative estimate of drug-likeness (QED) is 0.216. The van der Waals surface area contributed by atoms with Gasteiger partial charge in [-0.1, -0.05) is 55.1 Å². The average molecular weight is 939 g/mol. The number of imide groups is 1. The van der Waals surface area contributed by atoms with Crippen LogP contribution in [0.5, 0.6) is 5.75 Å². The predicted molar refractivity (Wildman–Crippen MR) is 256 cm³/mol. The lowest BCUT2D eigenvalue weighted by Crippen LogP contribution is -2.62. The van der Waals surface area contributed by atoms with E-state index < -0.39 is 11.9 Å². The lowest BCUT2D eigenvalue weighted by atomic mass is 9.67. The lowest BCUT2D eigenvalue weighted by molar-refractivity contribution is -0.148. The van der Waals surface area contributed by atoms with Gasteiger partial charge in [-0.05, 0) is 138 Å². The number of fused-ring (bicyclic) bond motifs is 11. The molecule has 0 radical (unpaired) electrons. The number of rotatable bonds is 5. The number of benzene rings is 3. The molecule has 7 aliphatic heterocycles. The lowest BCUT2D eigenvalue weighted by Gasteiger charge is -2.55. The Labute approximate surface area is 401 Å². The Morgan fingerprint density at radius 3 is 2.37 bits per heavy atom. The van der Waals surface area contributed by atoms with Gasteiger partial charge >= 0.3 is 0 Å². The highest BCUT2D eigenvalue weighted by Crippen LogP contribution is 2.53. The molecule has 1 aromatic heterocycles. The molecule has 4 amide bonds. The van der Waals surface area contributed by atoms with Crippen LogP contribution < -0.4 is 15.6 Å². The molecule has 3 spiro atoms. The number of likely N-dealkylation sites (tertiary alicyclic amines) is 3. The van der Waals surface area contributed by atoms with Crippen molar-refractivity contribution in [2.45, 2.75) is 132 Å². The first kappa shape index (κ1) is 43.0. The van der Waals surface area contributed by atoms with Crippen molar-refractivity contribution < 1.29 is 23.9 Å². The summed E-state index contributed by atoms with van der Waals surface area (Å²) in [6.07, 6.45) is 14.9. The Morgan fingerprint density at radius 2 is 1.60 bits per heavy atom. The van der Waals surface area contributed by atoms with Crippen LogP contribution in [0.4, 0.5) is 0 Å². The van der Waals surface area contributed by atoms with E-state index in [-0.39, 0.29) is 45.9 Å². The van der Waals surface area contributed by atoms with E-state index in [2.05, 4.69) is 42.8 Å². The van der Waals surface area contributed by atoms with Crippen molar-refractivity contribution in [1.29, 1.82) is 0 Å². The van der Waals surface area contributed by atoms with Crippen LogP contribution in [0.2, 0.25) is 5.02 Å². The van der Waals surface area contributed by atoms with Crippen LogP contribution in [-0.4, -0.2) is 117 Å². The smallest absolute Gasteiger partial charge is 0.282 e. The average Bonchev–Trinajstić information content (AvgIpc) is 3.96. The molecule has 2 saturated carbocycles. The van der Waals surface area contributed by atoms with E-state index in [4.69, 9.17) is 21.3 Å². The van der Waals surface area contributed by atoms with Crippen molar-refractivity contribution in [3.8, 4) is 11.4 Å². The third-order valence-electron chi connectivity index (χ3n) is 18.6. The summed E-state index contributed by atoms with van der Waals surface area (Å²) >= 11 is 6.64. The summed E-state index contributed by atoms with van der Waals surface area (Å²) in [5.74, 6) is 1.55.